The molecule has 0 aliphatic heterocycles. The number of ether oxygens (including phenoxy) is 1. The molecule has 0 aliphatic rings. The van der Waals surface area contributed by atoms with Crippen molar-refractivity contribution < 1.29 is 19.2 Å². The number of hydrogen-bond donors (Lipinski definition) is 2. The Labute approximate surface area is 165 Å². The summed E-state index contributed by atoms with van der Waals surface area (Å²) in [6.07, 6.45) is 1.41. The van der Waals surface area contributed by atoms with Crippen LogP contribution in [0.25, 0.3) is 0 Å². The van der Waals surface area contributed by atoms with Crippen molar-refractivity contribution in [2.45, 2.75) is 6.92 Å². The maximum atomic E-state index is 12.3. The average Bonchev–Trinajstić information content (AvgIpc) is 2.69. The van der Waals surface area contributed by atoms with Crippen LogP contribution in [-0.2, 0) is 0 Å². The molecular formula is C20H16N4O5. The number of pyridine rings is 1. The van der Waals surface area contributed by atoms with Gasteiger partial charge in [0.1, 0.15) is 5.75 Å². The molecule has 0 saturated carbocycles. The van der Waals surface area contributed by atoms with Gasteiger partial charge < -0.3 is 15.8 Å². The van der Waals surface area contributed by atoms with E-state index in [2.05, 4.69) is 10.3 Å². The number of aryl methyl sites for hydroxylation is 1. The molecule has 0 bridgehead atoms. The van der Waals surface area contributed by atoms with E-state index in [-0.39, 0.29) is 17.1 Å². The number of nitro benzene ring substituents is 1. The molecule has 0 radical (unpaired) electrons. The molecule has 146 valence electrons. The third kappa shape index (κ3) is 4.72. The van der Waals surface area contributed by atoms with Gasteiger partial charge in [-0.05, 0) is 43.3 Å². The molecule has 0 aliphatic carbocycles. The molecule has 29 heavy (non-hydrogen) atoms. The molecular weight excluding hydrogens is 376 g/mol. The Morgan fingerprint density at radius 2 is 1.90 bits per heavy atom. The molecule has 0 atom stereocenters. The van der Waals surface area contributed by atoms with Gasteiger partial charge in [-0.25, -0.2) is 4.98 Å². The van der Waals surface area contributed by atoms with Crippen LogP contribution < -0.4 is 15.8 Å². The highest BCUT2D eigenvalue weighted by molar-refractivity contribution is 6.04. The summed E-state index contributed by atoms with van der Waals surface area (Å²) in [4.78, 5) is 38.0. The van der Waals surface area contributed by atoms with Crippen molar-refractivity contribution in [1.82, 2.24) is 4.98 Å². The van der Waals surface area contributed by atoms with Gasteiger partial charge in [0.25, 0.3) is 11.6 Å². The van der Waals surface area contributed by atoms with Gasteiger partial charge in [0.2, 0.25) is 11.8 Å². The third-order valence-corrected chi connectivity index (χ3v) is 3.99. The largest absolute Gasteiger partial charge is 0.439 e. The van der Waals surface area contributed by atoms with Gasteiger partial charge in [-0.2, -0.15) is 0 Å². The SMILES string of the molecule is Cc1cc(C(=O)Nc2ccc(Oc3cccc(C(N)=O)c3)nc2)ccc1[N+](=O)[O-]. The Kier molecular flexibility index (Phi) is 5.49. The Balaban J connectivity index is 1.68. The first-order chi connectivity index (χ1) is 13.8. The molecule has 1 aromatic heterocycles. The summed E-state index contributed by atoms with van der Waals surface area (Å²) in [6.45, 7) is 1.57. The second kappa shape index (κ2) is 8.17. The van der Waals surface area contributed by atoms with Gasteiger partial charge in [0, 0.05) is 28.8 Å². The van der Waals surface area contributed by atoms with Crippen LogP contribution in [-0.4, -0.2) is 21.7 Å². The number of carbonyl (C=O) groups excluding carboxylic acids is 2. The van der Waals surface area contributed by atoms with Crippen molar-refractivity contribution in [2.24, 2.45) is 5.73 Å². The number of primary amides is 1. The van der Waals surface area contributed by atoms with Crippen molar-refractivity contribution in [3.05, 3.63) is 87.6 Å². The zero-order chi connectivity index (χ0) is 21.0. The molecule has 2 aromatic carbocycles. The number of aromatic nitrogens is 1. The average molecular weight is 392 g/mol. The van der Waals surface area contributed by atoms with Gasteiger partial charge in [-0.15, -0.1) is 0 Å². The van der Waals surface area contributed by atoms with Gasteiger partial charge in [-0.3, -0.25) is 19.7 Å². The van der Waals surface area contributed by atoms with E-state index in [1.54, 1.807) is 37.3 Å². The van der Waals surface area contributed by atoms with Crippen LogP contribution in [0.5, 0.6) is 11.6 Å². The van der Waals surface area contributed by atoms with E-state index >= 15 is 0 Å². The minimum atomic E-state index is -0.567. The summed E-state index contributed by atoms with van der Waals surface area (Å²) in [5, 5.41) is 13.5. The van der Waals surface area contributed by atoms with Crippen molar-refractivity contribution in [1.29, 1.82) is 0 Å². The molecule has 0 saturated heterocycles. The summed E-state index contributed by atoms with van der Waals surface area (Å²) in [5.74, 6) is -0.335. The molecule has 3 aromatic rings. The quantitative estimate of drug-likeness (QED) is 0.487. The van der Waals surface area contributed by atoms with E-state index in [0.29, 0.717) is 22.6 Å². The molecule has 3 N–H and O–H groups in total. The predicted octanol–water partition coefficient (Wildman–Crippen LogP) is 3.44. The lowest BCUT2D eigenvalue weighted by Crippen LogP contribution is -2.12. The highest BCUT2D eigenvalue weighted by Crippen LogP contribution is 2.22. The minimum absolute atomic E-state index is 0.0508. The Morgan fingerprint density at radius 1 is 1.10 bits per heavy atom. The van der Waals surface area contributed by atoms with E-state index in [9.17, 15) is 19.7 Å². The fourth-order valence-corrected chi connectivity index (χ4v) is 2.55. The van der Waals surface area contributed by atoms with Gasteiger partial charge in [0.15, 0.2) is 0 Å². The monoisotopic (exact) mass is 392 g/mol. The van der Waals surface area contributed by atoms with E-state index < -0.39 is 16.7 Å². The molecule has 0 unspecified atom stereocenters. The smallest absolute Gasteiger partial charge is 0.272 e. The van der Waals surface area contributed by atoms with Gasteiger partial charge in [-0.1, -0.05) is 6.07 Å². The summed E-state index contributed by atoms with van der Waals surface area (Å²) < 4.78 is 5.57. The van der Waals surface area contributed by atoms with Crippen molar-refractivity contribution >= 4 is 23.2 Å². The van der Waals surface area contributed by atoms with Crippen molar-refractivity contribution in [2.75, 3.05) is 5.32 Å². The van der Waals surface area contributed by atoms with E-state index in [1.807, 2.05) is 0 Å². The number of nitro groups is 1. The molecule has 2 amide bonds. The minimum Gasteiger partial charge on any atom is -0.439 e. The molecule has 1 heterocycles. The zero-order valence-corrected chi connectivity index (χ0v) is 15.3. The number of nitrogens with two attached hydrogens (primary N) is 1. The summed E-state index contributed by atoms with van der Waals surface area (Å²) in [7, 11) is 0. The maximum Gasteiger partial charge on any atom is 0.272 e. The number of rotatable bonds is 6. The topological polar surface area (TPSA) is 137 Å². The third-order valence-electron chi connectivity index (χ3n) is 3.99. The lowest BCUT2D eigenvalue weighted by molar-refractivity contribution is -0.385. The van der Waals surface area contributed by atoms with Crippen LogP contribution in [0.4, 0.5) is 11.4 Å². The molecule has 0 fully saturated rings. The second-order valence-electron chi connectivity index (χ2n) is 6.09. The fourth-order valence-electron chi connectivity index (χ4n) is 2.55. The zero-order valence-electron chi connectivity index (χ0n) is 15.3. The Hall–Kier alpha value is -4.27. The van der Waals surface area contributed by atoms with E-state index in [0.717, 1.165) is 0 Å². The van der Waals surface area contributed by atoms with Crippen LogP contribution in [0.15, 0.2) is 60.8 Å². The summed E-state index contributed by atoms with van der Waals surface area (Å²) in [6, 6.07) is 13.6. The first kappa shape index (κ1) is 19.5. The molecule has 9 nitrogen and oxygen atoms in total. The van der Waals surface area contributed by atoms with Crippen LogP contribution in [0.3, 0.4) is 0 Å². The van der Waals surface area contributed by atoms with Gasteiger partial charge >= 0.3 is 0 Å². The van der Waals surface area contributed by atoms with Gasteiger partial charge in [0.05, 0.1) is 16.8 Å². The highest BCUT2D eigenvalue weighted by Gasteiger charge is 2.14. The Morgan fingerprint density at radius 3 is 2.52 bits per heavy atom. The summed E-state index contributed by atoms with van der Waals surface area (Å²) >= 11 is 0. The van der Waals surface area contributed by atoms with Crippen LogP contribution in [0.1, 0.15) is 26.3 Å². The van der Waals surface area contributed by atoms with Crippen molar-refractivity contribution in [3.63, 3.8) is 0 Å². The standard InChI is InChI=1S/C20H16N4O5/c1-12-9-14(5-7-17(12)24(27)28)20(26)23-15-6-8-18(22-11-15)29-16-4-2-3-13(10-16)19(21)25/h2-11H,1H3,(H2,21,25)(H,23,26). The fraction of sp³-hybridized carbons (Fsp3) is 0.0500. The van der Waals surface area contributed by atoms with E-state index in [1.165, 1.54) is 30.5 Å². The second-order valence-corrected chi connectivity index (χ2v) is 6.09. The normalized spacial score (nSPS) is 10.2. The lowest BCUT2D eigenvalue weighted by Gasteiger charge is -2.08. The first-order valence-corrected chi connectivity index (χ1v) is 8.43. The number of benzene rings is 2. The maximum absolute atomic E-state index is 12.3. The number of amides is 2. The highest BCUT2D eigenvalue weighted by atomic mass is 16.6. The molecule has 3 rings (SSSR count). The molecule has 9 heteroatoms. The van der Waals surface area contributed by atoms with Crippen LogP contribution >= 0.6 is 0 Å². The van der Waals surface area contributed by atoms with Crippen LogP contribution in [0.2, 0.25) is 0 Å². The van der Waals surface area contributed by atoms with Crippen LogP contribution in [0, 0.1) is 17.0 Å². The number of carbonyl (C=O) groups is 2. The van der Waals surface area contributed by atoms with E-state index in [4.69, 9.17) is 10.5 Å². The molecule has 0 spiro atoms. The number of anilines is 1. The Bertz CT molecular complexity index is 1100. The summed E-state index contributed by atoms with van der Waals surface area (Å²) in [5.41, 5.74) is 6.60. The number of nitrogens with zero attached hydrogens (tertiary/aromatic N) is 2. The predicted molar refractivity (Wildman–Crippen MR) is 105 cm³/mol. The van der Waals surface area contributed by atoms with Crippen molar-refractivity contribution in [3.8, 4) is 11.6 Å². The first-order valence-electron chi connectivity index (χ1n) is 8.43. The number of nitrogens with one attached hydrogen (secondary N) is 1. The number of hydrogen-bond acceptors (Lipinski definition) is 6. The lowest BCUT2D eigenvalue weighted by atomic mass is 10.1.